The maximum atomic E-state index is 13.1. The van der Waals surface area contributed by atoms with Crippen LogP contribution < -0.4 is 10.6 Å². The van der Waals surface area contributed by atoms with Gasteiger partial charge >= 0.3 is 5.69 Å². The second-order valence-electron chi connectivity index (χ2n) is 11.7. The molecule has 0 aliphatic carbocycles. The summed E-state index contributed by atoms with van der Waals surface area (Å²) in [6.07, 6.45) is 3.89. The molecule has 10 nitrogen and oxygen atoms in total. The second-order valence-corrected chi connectivity index (χ2v) is 11.7. The van der Waals surface area contributed by atoms with Gasteiger partial charge in [-0.25, -0.2) is 9.78 Å². The maximum Gasteiger partial charge on any atom is 0.328 e. The lowest BCUT2D eigenvalue weighted by Gasteiger charge is -2.30. The smallest absolute Gasteiger partial charge is 0.328 e. The van der Waals surface area contributed by atoms with E-state index >= 15 is 0 Å². The summed E-state index contributed by atoms with van der Waals surface area (Å²) in [7, 11) is 7.32. The predicted octanol–water partition coefficient (Wildman–Crippen LogP) is 3.90. The van der Waals surface area contributed by atoms with Crippen LogP contribution in [-0.2, 0) is 42.6 Å². The number of aromatic nitrogens is 6. The van der Waals surface area contributed by atoms with E-state index < -0.39 is 0 Å². The van der Waals surface area contributed by atoms with E-state index in [1.54, 1.807) is 16.2 Å². The van der Waals surface area contributed by atoms with Gasteiger partial charge in [-0.05, 0) is 35.4 Å². The van der Waals surface area contributed by atoms with Crippen molar-refractivity contribution < 1.29 is 9.47 Å². The molecule has 10 heteroatoms. The molecule has 40 heavy (non-hydrogen) atoms. The van der Waals surface area contributed by atoms with Crippen molar-refractivity contribution in [3.63, 3.8) is 0 Å². The molecule has 210 valence electrons. The van der Waals surface area contributed by atoms with Crippen LogP contribution in [0.4, 0.5) is 5.69 Å². The number of anilines is 1. The van der Waals surface area contributed by atoms with Crippen LogP contribution in [0.15, 0.2) is 41.5 Å². The molecule has 5 aromatic rings. The van der Waals surface area contributed by atoms with Crippen molar-refractivity contribution in [1.82, 2.24) is 28.5 Å². The van der Waals surface area contributed by atoms with E-state index in [1.807, 2.05) is 38.2 Å². The zero-order valence-electron chi connectivity index (χ0n) is 24.4. The number of hydrogen-bond donors (Lipinski definition) is 0. The molecule has 0 unspecified atom stereocenters. The molecule has 1 fully saturated rings. The molecule has 3 aromatic heterocycles. The highest BCUT2D eigenvalue weighted by molar-refractivity contribution is 5.93. The van der Waals surface area contributed by atoms with Crippen molar-refractivity contribution >= 4 is 27.8 Å². The minimum absolute atomic E-state index is 0.0447. The van der Waals surface area contributed by atoms with Gasteiger partial charge in [-0.3, -0.25) is 18.4 Å². The van der Waals surface area contributed by atoms with E-state index in [-0.39, 0.29) is 11.1 Å². The standard InChI is InChI=1S/C30H37N7O3/c1-30(2,3)28-32-23-15-22(20-16-31-33(4)17-20)19(18-39-7)12-24(23)37(28)21-13-25-27(35(6)29(38)34(25)5)26(14-21)36-8-10-40-11-9-36/h12-17H,8-11,18H2,1-7H3. The number of aryl methyl sites for hydroxylation is 3. The van der Waals surface area contributed by atoms with Crippen LogP contribution >= 0.6 is 0 Å². The summed E-state index contributed by atoms with van der Waals surface area (Å²) in [5.41, 5.74) is 8.57. The maximum absolute atomic E-state index is 13.1. The minimum atomic E-state index is -0.244. The largest absolute Gasteiger partial charge is 0.380 e. The third-order valence-electron chi connectivity index (χ3n) is 7.80. The van der Waals surface area contributed by atoms with Crippen molar-refractivity contribution in [3.8, 4) is 16.8 Å². The SMILES string of the molecule is COCc1cc2c(cc1-c1cnn(C)c1)nc(C(C)(C)C)n2-c1cc(N2CCOCC2)c2c(c1)n(C)c(=O)n2C. The van der Waals surface area contributed by atoms with Crippen LogP contribution in [0.25, 0.3) is 38.9 Å². The molecule has 0 saturated carbocycles. The normalized spacial score (nSPS) is 14.6. The second kappa shape index (κ2) is 9.64. The number of hydrogen-bond acceptors (Lipinski definition) is 6. The predicted molar refractivity (Wildman–Crippen MR) is 157 cm³/mol. The van der Waals surface area contributed by atoms with Crippen LogP contribution in [0.5, 0.6) is 0 Å². The Morgan fingerprint density at radius 2 is 1.75 bits per heavy atom. The van der Waals surface area contributed by atoms with Crippen LogP contribution in [0.1, 0.15) is 32.2 Å². The summed E-state index contributed by atoms with van der Waals surface area (Å²) in [5.74, 6) is 0.947. The molecule has 1 aliphatic heterocycles. The monoisotopic (exact) mass is 543 g/mol. The minimum Gasteiger partial charge on any atom is -0.380 e. The average Bonchev–Trinajstić information content (AvgIpc) is 3.59. The van der Waals surface area contributed by atoms with Gasteiger partial charge < -0.3 is 14.4 Å². The number of ether oxygens (including phenoxy) is 2. The number of morpholine rings is 1. The number of nitrogens with zero attached hydrogens (tertiary/aromatic N) is 7. The number of fused-ring (bicyclic) bond motifs is 2. The number of benzene rings is 2. The molecular weight excluding hydrogens is 506 g/mol. The molecule has 6 rings (SSSR count). The van der Waals surface area contributed by atoms with Gasteiger partial charge in [-0.15, -0.1) is 0 Å². The molecular formula is C30H37N7O3. The average molecular weight is 544 g/mol. The molecule has 0 amide bonds. The van der Waals surface area contributed by atoms with Crippen LogP contribution in [0.2, 0.25) is 0 Å². The van der Waals surface area contributed by atoms with Crippen LogP contribution in [-0.4, -0.2) is 61.9 Å². The van der Waals surface area contributed by atoms with Gasteiger partial charge in [0, 0.05) is 58.5 Å². The Morgan fingerprint density at radius 3 is 2.40 bits per heavy atom. The van der Waals surface area contributed by atoms with E-state index in [0.717, 1.165) is 69.0 Å². The fourth-order valence-electron chi connectivity index (χ4n) is 5.82. The Balaban J connectivity index is 1.67. The third-order valence-corrected chi connectivity index (χ3v) is 7.80. The van der Waals surface area contributed by atoms with E-state index in [9.17, 15) is 4.79 Å². The van der Waals surface area contributed by atoms with E-state index in [4.69, 9.17) is 14.5 Å². The topological polar surface area (TPSA) is 84.3 Å². The molecule has 4 heterocycles. The van der Waals surface area contributed by atoms with Gasteiger partial charge in [0.05, 0.1) is 59.5 Å². The van der Waals surface area contributed by atoms with Crippen molar-refractivity contribution in [2.24, 2.45) is 21.1 Å². The van der Waals surface area contributed by atoms with Gasteiger partial charge in [0.2, 0.25) is 0 Å². The Bertz CT molecular complexity index is 1790. The Kier molecular flexibility index (Phi) is 6.35. The fourth-order valence-corrected chi connectivity index (χ4v) is 5.82. The fraction of sp³-hybridized carbons (Fsp3) is 0.433. The summed E-state index contributed by atoms with van der Waals surface area (Å²) in [4.78, 5) is 20.6. The van der Waals surface area contributed by atoms with E-state index in [0.29, 0.717) is 19.8 Å². The van der Waals surface area contributed by atoms with Crippen molar-refractivity contribution in [2.75, 3.05) is 38.3 Å². The summed E-state index contributed by atoms with van der Waals surface area (Å²) in [6, 6.07) is 8.65. The zero-order valence-corrected chi connectivity index (χ0v) is 24.4. The first-order valence-corrected chi connectivity index (χ1v) is 13.6. The molecule has 0 atom stereocenters. The molecule has 0 radical (unpaired) electrons. The Morgan fingerprint density at radius 1 is 1.00 bits per heavy atom. The number of methoxy groups -OCH3 is 1. The highest BCUT2D eigenvalue weighted by atomic mass is 16.5. The molecule has 0 bridgehead atoms. The Hall–Kier alpha value is -3.89. The van der Waals surface area contributed by atoms with Gasteiger partial charge in [-0.2, -0.15) is 5.10 Å². The first-order chi connectivity index (χ1) is 19.1. The van der Waals surface area contributed by atoms with Gasteiger partial charge in [0.25, 0.3) is 0 Å². The summed E-state index contributed by atoms with van der Waals surface area (Å²) < 4.78 is 18.8. The van der Waals surface area contributed by atoms with Crippen molar-refractivity contribution in [2.45, 2.75) is 32.8 Å². The van der Waals surface area contributed by atoms with E-state index in [2.05, 4.69) is 59.6 Å². The Labute approximate surface area is 233 Å². The first kappa shape index (κ1) is 26.3. The zero-order chi connectivity index (χ0) is 28.3. The highest BCUT2D eigenvalue weighted by Gasteiger charge is 2.27. The van der Waals surface area contributed by atoms with Crippen LogP contribution in [0.3, 0.4) is 0 Å². The highest BCUT2D eigenvalue weighted by Crippen LogP contribution is 2.37. The third kappa shape index (κ3) is 4.22. The lowest BCUT2D eigenvalue weighted by atomic mass is 9.95. The molecule has 2 aromatic carbocycles. The van der Waals surface area contributed by atoms with E-state index in [1.165, 1.54) is 0 Å². The lowest BCUT2D eigenvalue weighted by Crippen LogP contribution is -2.36. The van der Waals surface area contributed by atoms with Gasteiger partial charge in [-0.1, -0.05) is 20.8 Å². The summed E-state index contributed by atoms with van der Waals surface area (Å²) in [6.45, 7) is 9.86. The number of imidazole rings is 2. The van der Waals surface area contributed by atoms with Crippen LogP contribution in [0, 0.1) is 0 Å². The lowest BCUT2D eigenvalue weighted by molar-refractivity contribution is 0.123. The molecule has 0 spiro atoms. The molecule has 0 N–H and O–H groups in total. The van der Waals surface area contributed by atoms with Gasteiger partial charge in [0.15, 0.2) is 0 Å². The van der Waals surface area contributed by atoms with Gasteiger partial charge in [0.1, 0.15) is 5.82 Å². The molecule has 1 saturated heterocycles. The summed E-state index contributed by atoms with van der Waals surface area (Å²) >= 11 is 0. The first-order valence-electron chi connectivity index (χ1n) is 13.6. The molecule has 1 aliphatic rings. The number of rotatable bonds is 5. The quantitative estimate of drug-likeness (QED) is 0.334. The summed E-state index contributed by atoms with van der Waals surface area (Å²) in [5, 5.41) is 4.39. The van der Waals surface area contributed by atoms with Crippen molar-refractivity contribution in [1.29, 1.82) is 0 Å². The van der Waals surface area contributed by atoms with Crippen molar-refractivity contribution in [3.05, 3.63) is 58.5 Å².